The first-order valence-corrected chi connectivity index (χ1v) is 5.51. The zero-order chi connectivity index (χ0) is 11.3. The SMILES string of the molecule is Cc1ccccc1CCNC(=O)[C@@H](C)Cl. The van der Waals surface area contributed by atoms with Crippen LogP contribution in [0.4, 0.5) is 0 Å². The van der Waals surface area contributed by atoms with Crippen molar-refractivity contribution >= 4 is 17.5 Å². The number of halogens is 1. The second-order valence-corrected chi connectivity index (χ2v) is 4.24. The molecule has 0 spiro atoms. The van der Waals surface area contributed by atoms with Gasteiger partial charge in [-0.1, -0.05) is 24.3 Å². The van der Waals surface area contributed by atoms with Gasteiger partial charge in [0.2, 0.25) is 5.91 Å². The molecule has 1 aromatic rings. The lowest BCUT2D eigenvalue weighted by molar-refractivity contribution is -0.120. The molecule has 0 saturated carbocycles. The Bertz CT molecular complexity index is 336. The Hall–Kier alpha value is -1.02. The van der Waals surface area contributed by atoms with E-state index in [0.717, 1.165) is 6.42 Å². The lowest BCUT2D eigenvalue weighted by Gasteiger charge is -2.08. The third-order valence-electron chi connectivity index (χ3n) is 2.32. The van der Waals surface area contributed by atoms with Gasteiger partial charge in [-0.15, -0.1) is 11.6 Å². The second kappa shape index (κ2) is 5.76. The molecule has 0 aliphatic rings. The predicted octanol–water partition coefficient (Wildman–Crippen LogP) is 2.28. The minimum atomic E-state index is -0.457. The van der Waals surface area contributed by atoms with Crippen LogP contribution in [0.25, 0.3) is 0 Å². The van der Waals surface area contributed by atoms with Crippen molar-refractivity contribution in [3.05, 3.63) is 35.4 Å². The largest absolute Gasteiger partial charge is 0.354 e. The molecular formula is C12H16ClNO. The number of nitrogens with one attached hydrogen (secondary N) is 1. The molecule has 0 bridgehead atoms. The third kappa shape index (κ3) is 3.92. The summed E-state index contributed by atoms with van der Waals surface area (Å²) in [7, 11) is 0. The van der Waals surface area contributed by atoms with Gasteiger partial charge in [-0.2, -0.15) is 0 Å². The first kappa shape index (κ1) is 12.1. The van der Waals surface area contributed by atoms with Gasteiger partial charge in [0.15, 0.2) is 0 Å². The number of amides is 1. The quantitative estimate of drug-likeness (QED) is 0.783. The molecule has 2 nitrogen and oxygen atoms in total. The van der Waals surface area contributed by atoms with Gasteiger partial charge < -0.3 is 5.32 Å². The molecule has 1 amide bonds. The molecule has 0 aliphatic heterocycles. The summed E-state index contributed by atoms with van der Waals surface area (Å²) in [5.41, 5.74) is 2.52. The lowest BCUT2D eigenvalue weighted by Crippen LogP contribution is -2.31. The predicted molar refractivity (Wildman–Crippen MR) is 63.2 cm³/mol. The van der Waals surface area contributed by atoms with E-state index in [4.69, 9.17) is 11.6 Å². The Kier molecular flexibility index (Phi) is 4.63. The molecule has 0 unspecified atom stereocenters. The molecule has 1 atom stereocenters. The maximum absolute atomic E-state index is 11.2. The average molecular weight is 226 g/mol. The van der Waals surface area contributed by atoms with E-state index < -0.39 is 5.38 Å². The van der Waals surface area contributed by atoms with Crippen LogP contribution >= 0.6 is 11.6 Å². The number of hydrogen-bond acceptors (Lipinski definition) is 1. The minimum Gasteiger partial charge on any atom is -0.354 e. The number of aryl methyl sites for hydroxylation is 1. The van der Waals surface area contributed by atoms with E-state index in [1.54, 1.807) is 6.92 Å². The Morgan fingerprint density at radius 1 is 1.47 bits per heavy atom. The second-order valence-electron chi connectivity index (χ2n) is 3.58. The van der Waals surface area contributed by atoms with Crippen molar-refractivity contribution < 1.29 is 4.79 Å². The fourth-order valence-electron chi connectivity index (χ4n) is 1.35. The van der Waals surface area contributed by atoms with Gasteiger partial charge in [0.1, 0.15) is 5.38 Å². The van der Waals surface area contributed by atoms with Crippen LogP contribution in [0.15, 0.2) is 24.3 Å². The highest BCUT2D eigenvalue weighted by molar-refractivity contribution is 6.30. The Morgan fingerprint density at radius 2 is 2.13 bits per heavy atom. The first-order valence-electron chi connectivity index (χ1n) is 5.07. The van der Waals surface area contributed by atoms with Gasteiger partial charge in [-0.05, 0) is 31.4 Å². The van der Waals surface area contributed by atoms with Gasteiger partial charge in [-0.25, -0.2) is 0 Å². The van der Waals surface area contributed by atoms with Crippen LogP contribution in [0.2, 0.25) is 0 Å². The van der Waals surface area contributed by atoms with E-state index in [1.807, 2.05) is 12.1 Å². The number of carbonyl (C=O) groups is 1. The number of carbonyl (C=O) groups excluding carboxylic acids is 1. The van der Waals surface area contributed by atoms with E-state index >= 15 is 0 Å². The molecule has 0 aliphatic carbocycles. The molecule has 1 N–H and O–H groups in total. The monoisotopic (exact) mass is 225 g/mol. The van der Waals surface area contributed by atoms with E-state index in [0.29, 0.717) is 6.54 Å². The third-order valence-corrected chi connectivity index (χ3v) is 2.51. The van der Waals surface area contributed by atoms with Crippen LogP contribution in [0.5, 0.6) is 0 Å². The first-order chi connectivity index (χ1) is 7.11. The summed E-state index contributed by atoms with van der Waals surface area (Å²) in [6.45, 7) is 4.38. The molecule has 0 aromatic heterocycles. The molecule has 1 rings (SSSR count). The number of alkyl halides is 1. The fourth-order valence-corrected chi connectivity index (χ4v) is 1.43. The highest BCUT2D eigenvalue weighted by Crippen LogP contribution is 2.06. The van der Waals surface area contributed by atoms with Crippen molar-refractivity contribution in [2.24, 2.45) is 0 Å². The summed E-state index contributed by atoms with van der Waals surface area (Å²) < 4.78 is 0. The Balaban J connectivity index is 2.38. The number of hydrogen-bond donors (Lipinski definition) is 1. The van der Waals surface area contributed by atoms with Crippen LogP contribution < -0.4 is 5.32 Å². The van der Waals surface area contributed by atoms with Crippen LogP contribution in [-0.4, -0.2) is 17.8 Å². The molecule has 1 aromatic carbocycles. The smallest absolute Gasteiger partial charge is 0.237 e. The maximum atomic E-state index is 11.2. The molecule has 0 fully saturated rings. The Morgan fingerprint density at radius 3 is 2.73 bits per heavy atom. The minimum absolute atomic E-state index is 0.106. The molecule has 15 heavy (non-hydrogen) atoms. The summed E-state index contributed by atoms with van der Waals surface area (Å²) in [5.74, 6) is -0.106. The number of benzene rings is 1. The van der Waals surface area contributed by atoms with Gasteiger partial charge in [0.25, 0.3) is 0 Å². The van der Waals surface area contributed by atoms with Crippen molar-refractivity contribution in [2.45, 2.75) is 25.6 Å². The van der Waals surface area contributed by atoms with Crippen LogP contribution in [0.1, 0.15) is 18.1 Å². The molecule has 0 radical (unpaired) electrons. The van der Waals surface area contributed by atoms with Crippen LogP contribution in [-0.2, 0) is 11.2 Å². The maximum Gasteiger partial charge on any atom is 0.237 e. The fraction of sp³-hybridized carbons (Fsp3) is 0.417. The molecule has 3 heteroatoms. The summed E-state index contributed by atoms with van der Waals surface area (Å²) in [4.78, 5) is 11.2. The summed E-state index contributed by atoms with van der Waals surface area (Å²) in [6.07, 6.45) is 0.849. The van der Waals surface area contributed by atoms with Crippen molar-refractivity contribution in [2.75, 3.05) is 6.54 Å². The van der Waals surface area contributed by atoms with Crippen molar-refractivity contribution in [3.63, 3.8) is 0 Å². The van der Waals surface area contributed by atoms with Crippen molar-refractivity contribution in [1.29, 1.82) is 0 Å². The van der Waals surface area contributed by atoms with Gasteiger partial charge >= 0.3 is 0 Å². The summed E-state index contributed by atoms with van der Waals surface area (Å²) in [5, 5.41) is 2.33. The van der Waals surface area contributed by atoms with Gasteiger partial charge in [0.05, 0.1) is 0 Å². The highest BCUT2D eigenvalue weighted by atomic mass is 35.5. The Labute approximate surface area is 95.6 Å². The van der Waals surface area contributed by atoms with Crippen LogP contribution in [0, 0.1) is 6.92 Å². The zero-order valence-corrected chi connectivity index (χ0v) is 9.84. The molecule has 0 heterocycles. The highest BCUT2D eigenvalue weighted by Gasteiger charge is 2.07. The topological polar surface area (TPSA) is 29.1 Å². The van der Waals surface area contributed by atoms with Crippen molar-refractivity contribution in [3.8, 4) is 0 Å². The zero-order valence-electron chi connectivity index (χ0n) is 9.09. The number of rotatable bonds is 4. The summed E-state index contributed by atoms with van der Waals surface area (Å²) in [6, 6.07) is 8.17. The van der Waals surface area contributed by atoms with E-state index in [2.05, 4.69) is 24.4 Å². The normalized spacial score (nSPS) is 12.2. The summed E-state index contributed by atoms with van der Waals surface area (Å²) >= 11 is 5.63. The van der Waals surface area contributed by atoms with Gasteiger partial charge in [0, 0.05) is 6.54 Å². The average Bonchev–Trinajstić information content (AvgIpc) is 2.20. The van der Waals surface area contributed by atoms with Gasteiger partial charge in [-0.3, -0.25) is 4.79 Å². The van der Waals surface area contributed by atoms with E-state index in [9.17, 15) is 4.79 Å². The molecular weight excluding hydrogens is 210 g/mol. The van der Waals surface area contributed by atoms with Crippen LogP contribution in [0.3, 0.4) is 0 Å². The molecule has 82 valence electrons. The van der Waals surface area contributed by atoms with E-state index in [1.165, 1.54) is 11.1 Å². The van der Waals surface area contributed by atoms with Crippen molar-refractivity contribution in [1.82, 2.24) is 5.32 Å². The molecule has 0 saturated heterocycles. The standard InChI is InChI=1S/C12H16ClNO/c1-9-5-3-4-6-11(9)7-8-14-12(15)10(2)13/h3-6,10H,7-8H2,1-2H3,(H,14,15)/t10-/m1/s1. The lowest BCUT2D eigenvalue weighted by atomic mass is 10.1. The van der Waals surface area contributed by atoms with E-state index in [-0.39, 0.29) is 5.91 Å².